The van der Waals surface area contributed by atoms with Crippen molar-refractivity contribution < 1.29 is 9.53 Å². The summed E-state index contributed by atoms with van der Waals surface area (Å²) in [5, 5.41) is 3.05. The summed E-state index contributed by atoms with van der Waals surface area (Å²) in [7, 11) is 0. The van der Waals surface area contributed by atoms with E-state index in [-0.39, 0.29) is 30.1 Å². The van der Waals surface area contributed by atoms with E-state index in [1.165, 1.54) is 0 Å². The van der Waals surface area contributed by atoms with Crippen molar-refractivity contribution in [3.05, 3.63) is 30.1 Å². The van der Waals surface area contributed by atoms with Crippen molar-refractivity contribution in [2.45, 2.75) is 52.5 Å². The normalized spacial score (nSPS) is 24.2. The van der Waals surface area contributed by atoms with Crippen molar-refractivity contribution in [1.82, 2.24) is 15.2 Å². The van der Waals surface area contributed by atoms with Gasteiger partial charge in [0.25, 0.3) is 0 Å². The Labute approximate surface area is 133 Å². The second-order valence-corrected chi connectivity index (χ2v) is 6.48. The maximum Gasteiger partial charge on any atom is 0.237 e. The van der Waals surface area contributed by atoms with Gasteiger partial charge in [-0.15, -0.1) is 0 Å². The number of nitrogens with one attached hydrogen (secondary N) is 1. The first-order valence-electron chi connectivity index (χ1n) is 8.03. The lowest BCUT2D eigenvalue weighted by Gasteiger charge is -2.41. The van der Waals surface area contributed by atoms with Crippen LogP contribution in [0.5, 0.6) is 0 Å². The molecule has 2 heterocycles. The van der Waals surface area contributed by atoms with E-state index < -0.39 is 0 Å². The van der Waals surface area contributed by atoms with Gasteiger partial charge in [0, 0.05) is 32.0 Å². The third-order valence-corrected chi connectivity index (χ3v) is 3.93. The van der Waals surface area contributed by atoms with Gasteiger partial charge in [-0.25, -0.2) is 0 Å². The Kier molecular flexibility index (Phi) is 5.91. The number of hydrogen-bond donors (Lipinski definition) is 1. The van der Waals surface area contributed by atoms with Crippen LogP contribution in [-0.2, 0) is 16.1 Å². The molecule has 1 N–H and O–H groups in total. The highest BCUT2D eigenvalue weighted by molar-refractivity contribution is 5.82. The third kappa shape index (κ3) is 4.52. The lowest BCUT2D eigenvalue weighted by molar-refractivity contribution is -0.135. The van der Waals surface area contributed by atoms with E-state index >= 15 is 0 Å². The molecular formula is C17H27N3O2. The van der Waals surface area contributed by atoms with E-state index in [1.807, 2.05) is 12.1 Å². The molecule has 1 aromatic rings. The minimum absolute atomic E-state index is 0.0835. The molecule has 22 heavy (non-hydrogen) atoms. The number of ether oxygens (including phenoxy) is 1. The number of aromatic nitrogens is 1. The van der Waals surface area contributed by atoms with Crippen LogP contribution in [0.15, 0.2) is 24.5 Å². The van der Waals surface area contributed by atoms with Crippen LogP contribution < -0.4 is 5.32 Å². The largest absolute Gasteiger partial charge is 0.373 e. The van der Waals surface area contributed by atoms with Crippen molar-refractivity contribution in [3.63, 3.8) is 0 Å². The van der Waals surface area contributed by atoms with E-state index in [4.69, 9.17) is 4.74 Å². The highest BCUT2D eigenvalue weighted by Crippen LogP contribution is 2.18. The van der Waals surface area contributed by atoms with Gasteiger partial charge in [-0.2, -0.15) is 0 Å². The van der Waals surface area contributed by atoms with Crippen LogP contribution in [0.3, 0.4) is 0 Å². The van der Waals surface area contributed by atoms with Crippen LogP contribution >= 0.6 is 0 Å². The van der Waals surface area contributed by atoms with Gasteiger partial charge in [-0.1, -0.05) is 19.9 Å². The fourth-order valence-electron chi connectivity index (χ4n) is 3.13. The molecule has 2 rings (SSSR count). The maximum absolute atomic E-state index is 12.7. The van der Waals surface area contributed by atoms with Gasteiger partial charge in [-0.05, 0) is 31.4 Å². The summed E-state index contributed by atoms with van der Waals surface area (Å²) < 4.78 is 5.77. The molecule has 122 valence electrons. The summed E-state index contributed by atoms with van der Waals surface area (Å²) in [5.41, 5.74) is 1.02. The van der Waals surface area contributed by atoms with Gasteiger partial charge in [0.1, 0.15) is 0 Å². The highest BCUT2D eigenvalue weighted by atomic mass is 16.5. The molecule has 0 unspecified atom stereocenters. The van der Waals surface area contributed by atoms with E-state index in [1.54, 1.807) is 12.4 Å². The predicted octanol–water partition coefficient (Wildman–Crippen LogP) is 1.83. The summed E-state index contributed by atoms with van der Waals surface area (Å²) >= 11 is 0. The third-order valence-electron chi connectivity index (χ3n) is 3.93. The molecule has 1 saturated heterocycles. The fraction of sp³-hybridized carbons (Fsp3) is 0.647. The molecule has 1 amide bonds. The van der Waals surface area contributed by atoms with Gasteiger partial charge in [0.15, 0.2) is 0 Å². The number of morpholine rings is 1. The zero-order chi connectivity index (χ0) is 16.1. The fourth-order valence-corrected chi connectivity index (χ4v) is 3.13. The number of carbonyl (C=O) groups is 1. The maximum atomic E-state index is 12.7. The van der Waals surface area contributed by atoms with Gasteiger partial charge >= 0.3 is 0 Å². The van der Waals surface area contributed by atoms with E-state index in [0.29, 0.717) is 6.54 Å². The zero-order valence-corrected chi connectivity index (χ0v) is 14.0. The van der Waals surface area contributed by atoms with E-state index in [0.717, 1.165) is 18.7 Å². The standard InChI is InChI=1S/C17H27N3O2/c1-12(2)16(20-10-13(3)22-14(4)11-20)17(21)19-9-15-6-5-7-18-8-15/h5-8,12-14,16H,9-11H2,1-4H3,(H,19,21)/t13-,14+,16-/m0/s1. The Morgan fingerprint density at radius 3 is 2.64 bits per heavy atom. The quantitative estimate of drug-likeness (QED) is 0.902. The van der Waals surface area contributed by atoms with Crippen LogP contribution in [0.25, 0.3) is 0 Å². The predicted molar refractivity (Wildman–Crippen MR) is 86.3 cm³/mol. The Balaban J connectivity index is 1.99. The first-order valence-corrected chi connectivity index (χ1v) is 8.03. The number of carbonyl (C=O) groups excluding carboxylic acids is 1. The summed E-state index contributed by atoms with van der Waals surface area (Å²) in [6, 6.07) is 3.73. The Morgan fingerprint density at radius 1 is 1.41 bits per heavy atom. The Hall–Kier alpha value is -1.46. The molecule has 3 atom stereocenters. The molecule has 1 fully saturated rings. The van der Waals surface area contributed by atoms with Crippen LogP contribution in [0.2, 0.25) is 0 Å². The van der Waals surface area contributed by atoms with Crippen LogP contribution in [0.4, 0.5) is 0 Å². The second-order valence-electron chi connectivity index (χ2n) is 6.48. The summed E-state index contributed by atoms with van der Waals surface area (Å²) in [6.07, 6.45) is 3.84. The molecule has 5 nitrogen and oxygen atoms in total. The molecule has 1 aromatic heterocycles. The minimum atomic E-state index is -0.120. The van der Waals surface area contributed by atoms with Crippen molar-refractivity contribution >= 4 is 5.91 Å². The average molecular weight is 305 g/mol. The molecule has 0 bridgehead atoms. The van der Waals surface area contributed by atoms with Crippen molar-refractivity contribution in [2.24, 2.45) is 5.92 Å². The number of nitrogens with zero attached hydrogens (tertiary/aromatic N) is 2. The number of hydrogen-bond acceptors (Lipinski definition) is 4. The molecule has 0 radical (unpaired) electrons. The Bertz CT molecular complexity index is 468. The molecule has 5 heteroatoms. The van der Waals surface area contributed by atoms with E-state index in [2.05, 4.69) is 42.9 Å². The number of amides is 1. The van der Waals surface area contributed by atoms with Crippen molar-refractivity contribution in [3.8, 4) is 0 Å². The van der Waals surface area contributed by atoms with Crippen molar-refractivity contribution in [2.75, 3.05) is 13.1 Å². The summed E-state index contributed by atoms with van der Waals surface area (Å²) in [5.74, 6) is 0.339. The topological polar surface area (TPSA) is 54.5 Å². The lowest BCUT2D eigenvalue weighted by Crippen LogP contribution is -2.56. The second kappa shape index (κ2) is 7.70. The molecule has 0 saturated carbocycles. The first kappa shape index (κ1) is 16.9. The number of rotatable bonds is 5. The summed E-state index contributed by atoms with van der Waals surface area (Å²) in [4.78, 5) is 19.0. The molecule has 0 spiro atoms. The van der Waals surface area contributed by atoms with Crippen LogP contribution in [0, 0.1) is 5.92 Å². The van der Waals surface area contributed by atoms with Gasteiger partial charge in [0.05, 0.1) is 18.2 Å². The molecule has 1 aliphatic heterocycles. The monoisotopic (exact) mass is 305 g/mol. The van der Waals surface area contributed by atoms with Gasteiger partial charge < -0.3 is 10.1 Å². The molecule has 1 aliphatic rings. The smallest absolute Gasteiger partial charge is 0.237 e. The lowest BCUT2D eigenvalue weighted by atomic mass is 9.99. The SMILES string of the molecule is CC(C)[C@@H](C(=O)NCc1cccnc1)N1C[C@@H](C)O[C@@H](C)C1. The molecular weight excluding hydrogens is 278 g/mol. The van der Waals surface area contributed by atoms with Gasteiger partial charge in [-0.3, -0.25) is 14.7 Å². The van der Waals surface area contributed by atoms with Crippen molar-refractivity contribution in [1.29, 1.82) is 0 Å². The summed E-state index contributed by atoms with van der Waals surface area (Å²) in [6.45, 7) is 10.4. The number of pyridine rings is 1. The first-order chi connectivity index (χ1) is 10.5. The molecule has 0 aromatic carbocycles. The van der Waals surface area contributed by atoms with Crippen LogP contribution in [0.1, 0.15) is 33.3 Å². The highest BCUT2D eigenvalue weighted by Gasteiger charge is 2.33. The van der Waals surface area contributed by atoms with Crippen LogP contribution in [-0.4, -0.2) is 47.1 Å². The zero-order valence-electron chi connectivity index (χ0n) is 14.0. The van der Waals surface area contributed by atoms with Gasteiger partial charge in [0.2, 0.25) is 5.91 Å². The average Bonchev–Trinajstić information content (AvgIpc) is 2.45. The minimum Gasteiger partial charge on any atom is -0.373 e. The Morgan fingerprint density at radius 2 is 2.09 bits per heavy atom. The molecule has 0 aliphatic carbocycles. The van der Waals surface area contributed by atoms with E-state index in [9.17, 15) is 4.79 Å².